The first-order valence-electron chi connectivity index (χ1n) is 9.02. The molecule has 0 aliphatic carbocycles. The molecule has 5 nitrogen and oxygen atoms in total. The molecule has 0 fully saturated rings. The van der Waals surface area contributed by atoms with Gasteiger partial charge in [-0.1, -0.05) is 53.7 Å². The minimum Gasteiger partial charge on any atom is -0.350 e. The number of fused-ring (bicyclic) bond motifs is 1. The molecular formula is C21H18F3N3O2. The number of rotatable bonds is 5. The average molecular weight is 401 g/mol. The van der Waals surface area contributed by atoms with Gasteiger partial charge in [0, 0.05) is 24.7 Å². The maximum Gasteiger partial charge on any atom is 0.458 e. The number of para-hydroxylation sites is 1. The Kier molecular flexibility index (Phi) is 4.97. The van der Waals surface area contributed by atoms with E-state index in [0.717, 1.165) is 22.0 Å². The molecule has 3 aromatic rings. The number of nitrogens with one attached hydrogen (secondary N) is 1. The second kappa shape index (κ2) is 7.46. The van der Waals surface area contributed by atoms with Crippen LogP contribution in [0.2, 0.25) is 0 Å². The zero-order valence-corrected chi connectivity index (χ0v) is 15.3. The lowest BCUT2D eigenvalue weighted by atomic mass is 10.0. The highest BCUT2D eigenvalue weighted by Crippen LogP contribution is 2.38. The first-order chi connectivity index (χ1) is 13.9. The minimum absolute atomic E-state index is 0.0613. The monoisotopic (exact) mass is 401 g/mol. The number of hydrogen-bond donors (Lipinski definition) is 2. The molecule has 0 spiro atoms. The molecule has 0 amide bonds. The zero-order valence-electron chi connectivity index (χ0n) is 15.3. The lowest BCUT2D eigenvalue weighted by molar-refractivity contribution is -0.355. The molecule has 1 unspecified atom stereocenters. The number of aliphatic hydroxyl groups is 1. The highest BCUT2D eigenvalue weighted by Gasteiger charge is 2.60. The first kappa shape index (κ1) is 19.4. The largest absolute Gasteiger partial charge is 0.458 e. The average Bonchev–Trinajstić information content (AvgIpc) is 3.12. The van der Waals surface area contributed by atoms with Crippen molar-refractivity contribution in [3.63, 3.8) is 0 Å². The molecule has 0 radical (unpaired) electrons. The number of oxime groups is 1. The van der Waals surface area contributed by atoms with Gasteiger partial charge in [0.2, 0.25) is 0 Å². The summed E-state index contributed by atoms with van der Waals surface area (Å²) in [6, 6.07) is 16.9. The van der Waals surface area contributed by atoms with Crippen LogP contribution in [0.1, 0.15) is 23.1 Å². The third kappa shape index (κ3) is 3.94. The van der Waals surface area contributed by atoms with E-state index >= 15 is 0 Å². The number of benzene rings is 2. The van der Waals surface area contributed by atoms with Gasteiger partial charge in [-0.3, -0.25) is 4.98 Å². The Hall–Kier alpha value is -2.97. The summed E-state index contributed by atoms with van der Waals surface area (Å²) in [4.78, 5) is 8.68. The number of hydrogen-bond acceptors (Lipinski definition) is 5. The molecule has 0 saturated carbocycles. The smallest absolute Gasteiger partial charge is 0.350 e. The van der Waals surface area contributed by atoms with Crippen LogP contribution < -0.4 is 5.32 Å². The van der Waals surface area contributed by atoms with Crippen molar-refractivity contribution in [2.24, 2.45) is 5.16 Å². The van der Waals surface area contributed by atoms with Crippen molar-refractivity contribution in [2.45, 2.75) is 31.5 Å². The highest BCUT2D eigenvalue weighted by atomic mass is 19.4. The van der Waals surface area contributed by atoms with Crippen LogP contribution in [0.25, 0.3) is 10.9 Å². The molecule has 29 heavy (non-hydrogen) atoms. The van der Waals surface area contributed by atoms with E-state index in [4.69, 9.17) is 0 Å². The summed E-state index contributed by atoms with van der Waals surface area (Å²) in [7, 11) is 0. The van der Waals surface area contributed by atoms with Gasteiger partial charge in [0.15, 0.2) is 0 Å². The Balaban J connectivity index is 1.37. The SMILES string of the molecule is OC1(C(F)(F)F)CC(c2ccc(CNCc3cccc4cccnc34)cc2)=NO1. The van der Waals surface area contributed by atoms with Gasteiger partial charge in [0.1, 0.15) is 0 Å². The molecule has 1 aromatic heterocycles. The van der Waals surface area contributed by atoms with Gasteiger partial charge >= 0.3 is 12.0 Å². The van der Waals surface area contributed by atoms with E-state index in [1.54, 1.807) is 30.5 Å². The van der Waals surface area contributed by atoms with E-state index in [9.17, 15) is 18.3 Å². The summed E-state index contributed by atoms with van der Waals surface area (Å²) in [5.41, 5.74) is 3.55. The van der Waals surface area contributed by atoms with E-state index in [1.807, 2.05) is 30.3 Å². The minimum atomic E-state index is -4.90. The molecule has 1 aliphatic heterocycles. The summed E-state index contributed by atoms with van der Waals surface area (Å²) < 4.78 is 38.4. The van der Waals surface area contributed by atoms with Crippen molar-refractivity contribution in [3.8, 4) is 0 Å². The van der Waals surface area contributed by atoms with Gasteiger partial charge in [-0.2, -0.15) is 13.2 Å². The van der Waals surface area contributed by atoms with E-state index in [1.165, 1.54) is 0 Å². The Bertz CT molecular complexity index is 1050. The van der Waals surface area contributed by atoms with Crippen LogP contribution in [0.3, 0.4) is 0 Å². The van der Waals surface area contributed by atoms with E-state index in [0.29, 0.717) is 18.7 Å². The Labute approximate surface area is 164 Å². The fourth-order valence-corrected chi connectivity index (χ4v) is 3.20. The molecule has 1 atom stereocenters. The van der Waals surface area contributed by atoms with Crippen LogP contribution in [0.15, 0.2) is 65.9 Å². The van der Waals surface area contributed by atoms with Crippen molar-refractivity contribution >= 4 is 16.6 Å². The fraction of sp³-hybridized carbons (Fsp3) is 0.238. The summed E-state index contributed by atoms with van der Waals surface area (Å²) in [5.74, 6) is -3.25. The standard InChI is InChI=1S/C21H18F3N3O2/c22-21(23,24)20(28)11-18(27-29-20)15-8-6-14(7-9-15)12-25-13-17-4-1-3-16-5-2-10-26-19(16)17/h1-10,25,28H,11-13H2. The number of halogens is 3. The van der Waals surface area contributed by atoms with Crippen LogP contribution >= 0.6 is 0 Å². The van der Waals surface area contributed by atoms with Gasteiger partial charge in [-0.25, -0.2) is 0 Å². The fourth-order valence-electron chi connectivity index (χ4n) is 3.20. The predicted octanol–water partition coefficient (Wildman–Crippen LogP) is 3.90. The molecular weight excluding hydrogens is 383 g/mol. The van der Waals surface area contributed by atoms with Crippen molar-refractivity contribution in [2.75, 3.05) is 0 Å². The lowest BCUT2D eigenvalue weighted by Gasteiger charge is -2.22. The van der Waals surface area contributed by atoms with Crippen LogP contribution in [0, 0.1) is 0 Å². The number of pyridine rings is 1. The summed E-state index contributed by atoms with van der Waals surface area (Å²) in [5, 5.41) is 17.4. The maximum atomic E-state index is 12.8. The molecule has 150 valence electrons. The van der Waals surface area contributed by atoms with E-state index in [2.05, 4.69) is 20.3 Å². The van der Waals surface area contributed by atoms with Crippen molar-refractivity contribution in [1.82, 2.24) is 10.3 Å². The molecule has 2 aromatic carbocycles. The van der Waals surface area contributed by atoms with Crippen LogP contribution in [-0.2, 0) is 17.9 Å². The topological polar surface area (TPSA) is 66.7 Å². The van der Waals surface area contributed by atoms with E-state index < -0.39 is 18.4 Å². The second-order valence-electron chi connectivity index (χ2n) is 6.88. The maximum absolute atomic E-state index is 12.8. The first-order valence-corrected chi connectivity index (χ1v) is 9.02. The Morgan fingerprint density at radius 3 is 2.52 bits per heavy atom. The molecule has 1 aliphatic rings. The van der Waals surface area contributed by atoms with Gasteiger partial charge in [0.05, 0.1) is 17.6 Å². The molecule has 0 saturated heterocycles. The van der Waals surface area contributed by atoms with E-state index in [-0.39, 0.29) is 5.71 Å². The van der Waals surface area contributed by atoms with Crippen LogP contribution in [0.4, 0.5) is 13.2 Å². The Morgan fingerprint density at radius 1 is 1.03 bits per heavy atom. The van der Waals surface area contributed by atoms with Gasteiger partial charge in [0.25, 0.3) is 0 Å². The third-order valence-corrected chi connectivity index (χ3v) is 4.80. The number of nitrogens with zero attached hydrogens (tertiary/aromatic N) is 2. The Morgan fingerprint density at radius 2 is 1.79 bits per heavy atom. The van der Waals surface area contributed by atoms with Gasteiger partial charge in [-0.05, 0) is 22.8 Å². The summed E-state index contributed by atoms with van der Waals surface area (Å²) >= 11 is 0. The molecule has 4 rings (SSSR count). The normalized spacial score (nSPS) is 19.2. The molecule has 2 N–H and O–H groups in total. The summed E-state index contributed by atoms with van der Waals surface area (Å²) in [6.45, 7) is 1.22. The third-order valence-electron chi connectivity index (χ3n) is 4.80. The van der Waals surface area contributed by atoms with Crippen LogP contribution in [-0.4, -0.2) is 27.8 Å². The second-order valence-corrected chi connectivity index (χ2v) is 6.88. The van der Waals surface area contributed by atoms with Gasteiger partial charge < -0.3 is 15.3 Å². The lowest BCUT2D eigenvalue weighted by Crippen LogP contribution is -2.45. The quantitative estimate of drug-likeness (QED) is 0.681. The van der Waals surface area contributed by atoms with Crippen LogP contribution in [0.5, 0.6) is 0 Å². The zero-order chi connectivity index (χ0) is 20.5. The van der Waals surface area contributed by atoms with Gasteiger partial charge in [-0.15, -0.1) is 0 Å². The number of alkyl halides is 3. The molecule has 2 heterocycles. The van der Waals surface area contributed by atoms with Crippen molar-refractivity contribution < 1.29 is 23.1 Å². The molecule has 8 heteroatoms. The summed E-state index contributed by atoms with van der Waals surface area (Å²) in [6.07, 6.45) is -3.87. The van der Waals surface area contributed by atoms with Crippen molar-refractivity contribution in [1.29, 1.82) is 0 Å². The van der Waals surface area contributed by atoms with Crippen molar-refractivity contribution in [3.05, 3.63) is 77.5 Å². The predicted molar refractivity (Wildman–Crippen MR) is 102 cm³/mol. The highest BCUT2D eigenvalue weighted by molar-refractivity contribution is 6.01. The molecule has 0 bridgehead atoms. The number of aromatic nitrogens is 1.